The predicted octanol–water partition coefficient (Wildman–Crippen LogP) is 3.71. The van der Waals surface area contributed by atoms with Crippen molar-refractivity contribution >= 4 is 17.5 Å². The summed E-state index contributed by atoms with van der Waals surface area (Å²) >= 11 is 5.94. The molecule has 0 saturated heterocycles. The number of nitrogens with zero attached hydrogens (tertiary/aromatic N) is 2. The molecule has 0 saturated carbocycles. The Labute approximate surface area is 103 Å². The summed E-state index contributed by atoms with van der Waals surface area (Å²) in [7, 11) is 0. The van der Waals surface area contributed by atoms with Gasteiger partial charge in [-0.1, -0.05) is 39.3 Å². The Morgan fingerprint density at radius 1 is 1.25 bits per heavy atom. The Hall–Kier alpha value is -0.830. The normalized spacial score (nSPS) is 11.2. The predicted molar refractivity (Wildman–Crippen MR) is 69.1 cm³/mol. The van der Waals surface area contributed by atoms with E-state index in [-0.39, 0.29) is 0 Å². The van der Waals surface area contributed by atoms with Gasteiger partial charge in [0, 0.05) is 6.54 Å². The van der Waals surface area contributed by atoms with Crippen LogP contribution in [0.25, 0.3) is 0 Å². The van der Waals surface area contributed by atoms with Gasteiger partial charge in [-0.25, -0.2) is 9.97 Å². The highest BCUT2D eigenvalue weighted by atomic mass is 35.5. The van der Waals surface area contributed by atoms with Crippen molar-refractivity contribution in [2.24, 2.45) is 5.92 Å². The van der Waals surface area contributed by atoms with Crippen LogP contribution in [0.3, 0.4) is 0 Å². The van der Waals surface area contributed by atoms with E-state index in [1.807, 2.05) is 6.07 Å². The van der Waals surface area contributed by atoms with Crippen LogP contribution >= 0.6 is 11.6 Å². The van der Waals surface area contributed by atoms with E-state index in [4.69, 9.17) is 11.6 Å². The average Bonchev–Trinajstić information content (AvgIpc) is 2.16. The van der Waals surface area contributed by atoms with E-state index < -0.39 is 0 Å². The number of hydrogen-bond acceptors (Lipinski definition) is 3. The second kappa shape index (κ2) is 6.04. The van der Waals surface area contributed by atoms with E-state index >= 15 is 0 Å². The summed E-state index contributed by atoms with van der Waals surface area (Å²) in [5.41, 5.74) is 0.979. The van der Waals surface area contributed by atoms with Crippen molar-refractivity contribution in [3.05, 3.63) is 16.9 Å². The minimum Gasteiger partial charge on any atom is -0.354 e. The molecule has 0 amide bonds. The summed E-state index contributed by atoms with van der Waals surface area (Å²) in [5, 5.41) is 3.71. The van der Waals surface area contributed by atoms with Crippen LogP contribution in [0.15, 0.2) is 6.07 Å². The molecule has 90 valence electrons. The van der Waals surface area contributed by atoms with E-state index in [2.05, 4.69) is 43.0 Å². The Morgan fingerprint density at radius 2 is 1.94 bits per heavy atom. The van der Waals surface area contributed by atoms with Gasteiger partial charge in [0.2, 0.25) is 5.95 Å². The van der Waals surface area contributed by atoms with Crippen LogP contribution in [0.5, 0.6) is 0 Å². The Balaban J connectivity index is 2.65. The van der Waals surface area contributed by atoms with Crippen molar-refractivity contribution in [1.29, 1.82) is 0 Å². The number of hydrogen-bond donors (Lipinski definition) is 1. The zero-order valence-electron chi connectivity index (χ0n) is 10.4. The molecule has 1 aromatic rings. The summed E-state index contributed by atoms with van der Waals surface area (Å²) in [4.78, 5) is 8.58. The van der Waals surface area contributed by atoms with Crippen molar-refractivity contribution in [3.8, 4) is 0 Å². The van der Waals surface area contributed by atoms with E-state index in [9.17, 15) is 0 Å². The number of aromatic nitrogens is 2. The zero-order chi connectivity index (χ0) is 12.1. The first-order valence-corrected chi connectivity index (χ1v) is 6.15. The molecule has 0 aliphatic heterocycles. The SMILES string of the molecule is CC(C)CCNc1nc(Cl)cc(C(C)C)n1. The molecular weight excluding hydrogens is 222 g/mol. The lowest BCUT2D eigenvalue weighted by Crippen LogP contribution is -2.09. The molecule has 0 bridgehead atoms. The van der Waals surface area contributed by atoms with Crippen molar-refractivity contribution in [2.45, 2.75) is 40.0 Å². The van der Waals surface area contributed by atoms with Gasteiger partial charge in [0.15, 0.2) is 0 Å². The standard InChI is InChI=1S/C12H20ClN3/c1-8(2)5-6-14-12-15-10(9(3)4)7-11(13)16-12/h7-9H,5-6H2,1-4H3,(H,14,15,16). The van der Waals surface area contributed by atoms with Crippen LogP contribution in [0, 0.1) is 5.92 Å². The van der Waals surface area contributed by atoms with Crippen LogP contribution in [0.4, 0.5) is 5.95 Å². The van der Waals surface area contributed by atoms with E-state index in [0.29, 0.717) is 22.9 Å². The fraction of sp³-hybridized carbons (Fsp3) is 0.667. The van der Waals surface area contributed by atoms with E-state index in [0.717, 1.165) is 18.7 Å². The van der Waals surface area contributed by atoms with Gasteiger partial charge in [-0.05, 0) is 24.3 Å². The van der Waals surface area contributed by atoms with Gasteiger partial charge in [0.25, 0.3) is 0 Å². The highest BCUT2D eigenvalue weighted by molar-refractivity contribution is 6.29. The lowest BCUT2D eigenvalue weighted by atomic mass is 10.1. The largest absolute Gasteiger partial charge is 0.354 e. The smallest absolute Gasteiger partial charge is 0.224 e. The molecule has 3 nitrogen and oxygen atoms in total. The average molecular weight is 242 g/mol. The molecule has 0 spiro atoms. The number of anilines is 1. The van der Waals surface area contributed by atoms with Crippen molar-refractivity contribution in [2.75, 3.05) is 11.9 Å². The molecule has 0 radical (unpaired) electrons. The van der Waals surface area contributed by atoms with Crippen molar-refractivity contribution in [3.63, 3.8) is 0 Å². The highest BCUT2D eigenvalue weighted by Gasteiger charge is 2.06. The molecule has 0 unspecified atom stereocenters. The fourth-order valence-corrected chi connectivity index (χ4v) is 1.47. The second-order valence-electron chi connectivity index (χ2n) is 4.70. The fourth-order valence-electron chi connectivity index (χ4n) is 1.28. The third-order valence-electron chi connectivity index (χ3n) is 2.31. The Kier molecular flexibility index (Phi) is 5.00. The first kappa shape index (κ1) is 13.2. The maximum Gasteiger partial charge on any atom is 0.224 e. The lowest BCUT2D eigenvalue weighted by molar-refractivity contribution is 0.605. The highest BCUT2D eigenvalue weighted by Crippen LogP contribution is 2.17. The van der Waals surface area contributed by atoms with E-state index in [1.54, 1.807) is 0 Å². The third kappa shape index (κ3) is 4.35. The van der Waals surface area contributed by atoms with E-state index in [1.165, 1.54) is 0 Å². The summed E-state index contributed by atoms with van der Waals surface area (Å²) in [5.74, 6) is 1.68. The molecule has 0 aromatic carbocycles. The Morgan fingerprint density at radius 3 is 2.50 bits per heavy atom. The minimum atomic E-state index is 0.367. The molecule has 0 aliphatic rings. The summed E-state index contributed by atoms with van der Waals surface area (Å²) in [6.45, 7) is 9.46. The third-order valence-corrected chi connectivity index (χ3v) is 2.50. The maximum atomic E-state index is 5.94. The summed E-state index contributed by atoms with van der Waals surface area (Å²) < 4.78 is 0. The number of halogens is 1. The topological polar surface area (TPSA) is 37.8 Å². The van der Waals surface area contributed by atoms with Gasteiger partial charge in [0.05, 0.1) is 5.69 Å². The quantitative estimate of drug-likeness (QED) is 0.799. The van der Waals surface area contributed by atoms with Gasteiger partial charge >= 0.3 is 0 Å². The molecule has 16 heavy (non-hydrogen) atoms. The van der Waals surface area contributed by atoms with Crippen LogP contribution in [0.1, 0.15) is 45.7 Å². The zero-order valence-corrected chi connectivity index (χ0v) is 11.2. The van der Waals surface area contributed by atoms with Gasteiger partial charge in [-0.2, -0.15) is 0 Å². The second-order valence-corrected chi connectivity index (χ2v) is 5.09. The van der Waals surface area contributed by atoms with Crippen LogP contribution in [0.2, 0.25) is 5.15 Å². The molecule has 1 rings (SSSR count). The van der Waals surface area contributed by atoms with Crippen molar-refractivity contribution < 1.29 is 0 Å². The van der Waals surface area contributed by atoms with Crippen LogP contribution in [-0.2, 0) is 0 Å². The van der Waals surface area contributed by atoms with Crippen LogP contribution in [-0.4, -0.2) is 16.5 Å². The maximum absolute atomic E-state index is 5.94. The molecule has 0 aliphatic carbocycles. The molecule has 1 aromatic heterocycles. The van der Waals surface area contributed by atoms with Crippen molar-refractivity contribution in [1.82, 2.24) is 9.97 Å². The summed E-state index contributed by atoms with van der Waals surface area (Å²) in [6, 6.07) is 1.82. The molecule has 1 N–H and O–H groups in total. The summed E-state index contributed by atoms with van der Waals surface area (Å²) in [6.07, 6.45) is 1.10. The molecule has 1 heterocycles. The van der Waals surface area contributed by atoms with Gasteiger partial charge in [0.1, 0.15) is 5.15 Å². The minimum absolute atomic E-state index is 0.367. The molecular formula is C12H20ClN3. The number of nitrogens with one attached hydrogen (secondary N) is 1. The lowest BCUT2D eigenvalue weighted by Gasteiger charge is -2.10. The monoisotopic (exact) mass is 241 g/mol. The van der Waals surface area contributed by atoms with Crippen LogP contribution < -0.4 is 5.32 Å². The molecule has 0 fully saturated rings. The Bertz CT molecular complexity index is 337. The molecule has 4 heteroatoms. The first-order valence-electron chi connectivity index (χ1n) is 5.77. The first-order chi connectivity index (χ1) is 7.49. The van der Waals surface area contributed by atoms with Gasteiger partial charge in [-0.3, -0.25) is 0 Å². The molecule has 0 atom stereocenters. The number of rotatable bonds is 5. The van der Waals surface area contributed by atoms with Gasteiger partial charge < -0.3 is 5.32 Å². The van der Waals surface area contributed by atoms with Gasteiger partial charge in [-0.15, -0.1) is 0 Å².